The summed E-state index contributed by atoms with van der Waals surface area (Å²) in [6.07, 6.45) is 0. The first kappa shape index (κ1) is 14.9. The standard InChI is InChI=1S/C15H12F3NO2/c16-11-1-3-14(4-2-11)21-6-5-19-15(20)10-7-12(17)9-13(18)8-10/h1-4,7-9H,5-6H2,(H,19,20). The molecule has 1 N–H and O–H groups in total. The molecule has 0 bridgehead atoms. The van der Waals surface area contributed by atoms with Crippen molar-refractivity contribution in [1.29, 1.82) is 0 Å². The predicted molar refractivity (Wildman–Crippen MR) is 70.6 cm³/mol. The highest BCUT2D eigenvalue weighted by Gasteiger charge is 2.08. The van der Waals surface area contributed by atoms with Crippen LogP contribution >= 0.6 is 0 Å². The number of carbonyl (C=O) groups is 1. The van der Waals surface area contributed by atoms with E-state index in [2.05, 4.69) is 5.32 Å². The van der Waals surface area contributed by atoms with Crippen molar-refractivity contribution in [2.24, 2.45) is 0 Å². The number of halogens is 3. The van der Waals surface area contributed by atoms with Gasteiger partial charge in [-0.05, 0) is 36.4 Å². The monoisotopic (exact) mass is 295 g/mol. The molecule has 0 aromatic heterocycles. The first-order chi connectivity index (χ1) is 10.0. The minimum Gasteiger partial charge on any atom is -0.492 e. The van der Waals surface area contributed by atoms with Gasteiger partial charge in [-0.15, -0.1) is 0 Å². The van der Waals surface area contributed by atoms with Crippen molar-refractivity contribution in [3.05, 3.63) is 65.5 Å². The molecule has 2 aromatic carbocycles. The Labute approximate surface area is 119 Å². The highest BCUT2D eigenvalue weighted by molar-refractivity contribution is 5.94. The second kappa shape index (κ2) is 6.78. The Hall–Kier alpha value is -2.50. The summed E-state index contributed by atoms with van der Waals surface area (Å²) in [7, 11) is 0. The van der Waals surface area contributed by atoms with E-state index in [0.29, 0.717) is 11.8 Å². The van der Waals surface area contributed by atoms with Crippen LogP contribution in [0.3, 0.4) is 0 Å². The van der Waals surface area contributed by atoms with Crippen LogP contribution in [-0.4, -0.2) is 19.1 Å². The van der Waals surface area contributed by atoms with Gasteiger partial charge in [0.25, 0.3) is 5.91 Å². The molecule has 0 saturated carbocycles. The van der Waals surface area contributed by atoms with Crippen LogP contribution in [0.15, 0.2) is 42.5 Å². The number of rotatable bonds is 5. The fourth-order valence-electron chi connectivity index (χ4n) is 1.65. The Morgan fingerprint density at radius 2 is 1.57 bits per heavy atom. The summed E-state index contributed by atoms with van der Waals surface area (Å²) in [5.41, 5.74) is -0.103. The Morgan fingerprint density at radius 3 is 2.19 bits per heavy atom. The maximum absolute atomic E-state index is 13.0. The van der Waals surface area contributed by atoms with Crippen molar-refractivity contribution >= 4 is 5.91 Å². The number of amides is 1. The second-order valence-electron chi connectivity index (χ2n) is 4.22. The van der Waals surface area contributed by atoms with Crippen LogP contribution < -0.4 is 10.1 Å². The molecule has 1 amide bonds. The molecule has 0 aliphatic heterocycles. The molecule has 0 unspecified atom stereocenters. The lowest BCUT2D eigenvalue weighted by atomic mass is 10.2. The van der Waals surface area contributed by atoms with Gasteiger partial charge in [0.2, 0.25) is 0 Å². The molecule has 3 nitrogen and oxygen atoms in total. The number of carbonyl (C=O) groups excluding carboxylic acids is 1. The van der Waals surface area contributed by atoms with E-state index in [1.54, 1.807) is 0 Å². The normalized spacial score (nSPS) is 10.2. The molecule has 21 heavy (non-hydrogen) atoms. The van der Waals surface area contributed by atoms with E-state index in [-0.39, 0.29) is 24.5 Å². The first-order valence-corrected chi connectivity index (χ1v) is 6.17. The van der Waals surface area contributed by atoms with Crippen LogP contribution in [0.5, 0.6) is 5.75 Å². The van der Waals surface area contributed by atoms with Gasteiger partial charge < -0.3 is 10.1 Å². The predicted octanol–water partition coefficient (Wildman–Crippen LogP) is 2.91. The molecule has 2 rings (SSSR count). The molecule has 110 valence electrons. The average Bonchev–Trinajstić information content (AvgIpc) is 2.44. The quantitative estimate of drug-likeness (QED) is 0.861. The van der Waals surface area contributed by atoms with Crippen molar-refractivity contribution in [1.82, 2.24) is 5.32 Å². The van der Waals surface area contributed by atoms with Crippen LogP contribution in [-0.2, 0) is 0 Å². The largest absolute Gasteiger partial charge is 0.492 e. The first-order valence-electron chi connectivity index (χ1n) is 6.17. The van der Waals surface area contributed by atoms with Crippen LogP contribution in [0.25, 0.3) is 0 Å². The molecule has 0 fully saturated rings. The van der Waals surface area contributed by atoms with Gasteiger partial charge >= 0.3 is 0 Å². The maximum Gasteiger partial charge on any atom is 0.251 e. The molecule has 6 heteroatoms. The Balaban J connectivity index is 1.80. The zero-order valence-corrected chi connectivity index (χ0v) is 10.9. The number of ether oxygens (including phenoxy) is 1. The topological polar surface area (TPSA) is 38.3 Å². The summed E-state index contributed by atoms with van der Waals surface area (Å²) in [5.74, 6) is -2.15. The van der Waals surface area contributed by atoms with Gasteiger partial charge in [0.05, 0.1) is 6.54 Å². The smallest absolute Gasteiger partial charge is 0.251 e. The Morgan fingerprint density at radius 1 is 0.952 bits per heavy atom. The van der Waals surface area contributed by atoms with Crippen molar-refractivity contribution in [3.63, 3.8) is 0 Å². The van der Waals surface area contributed by atoms with Crippen molar-refractivity contribution in [3.8, 4) is 5.75 Å². The Kier molecular flexibility index (Phi) is 4.81. The highest BCUT2D eigenvalue weighted by Crippen LogP contribution is 2.10. The van der Waals surface area contributed by atoms with E-state index < -0.39 is 17.5 Å². The van der Waals surface area contributed by atoms with Crippen molar-refractivity contribution < 1.29 is 22.7 Å². The van der Waals surface area contributed by atoms with Crippen LogP contribution in [0.4, 0.5) is 13.2 Å². The third-order valence-corrected chi connectivity index (χ3v) is 2.59. The molecular weight excluding hydrogens is 283 g/mol. The van der Waals surface area contributed by atoms with Gasteiger partial charge in [0.1, 0.15) is 29.8 Å². The zero-order chi connectivity index (χ0) is 15.2. The molecule has 0 aliphatic rings. The van der Waals surface area contributed by atoms with E-state index in [0.717, 1.165) is 12.1 Å². The molecule has 0 saturated heterocycles. The molecule has 0 aliphatic carbocycles. The van der Waals surface area contributed by atoms with Gasteiger partial charge in [0, 0.05) is 11.6 Å². The van der Waals surface area contributed by atoms with E-state index in [4.69, 9.17) is 4.74 Å². The van der Waals surface area contributed by atoms with Crippen molar-refractivity contribution in [2.45, 2.75) is 0 Å². The third-order valence-electron chi connectivity index (χ3n) is 2.59. The van der Waals surface area contributed by atoms with Gasteiger partial charge in [-0.3, -0.25) is 4.79 Å². The SMILES string of the molecule is O=C(NCCOc1ccc(F)cc1)c1cc(F)cc(F)c1. The van der Waals surface area contributed by atoms with Gasteiger partial charge in [-0.2, -0.15) is 0 Å². The molecule has 0 radical (unpaired) electrons. The summed E-state index contributed by atoms with van der Waals surface area (Å²) in [6, 6.07) is 8.00. The van der Waals surface area contributed by atoms with Gasteiger partial charge in [-0.25, -0.2) is 13.2 Å². The highest BCUT2D eigenvalue weighted by atomic mass is 19.1. The molecular formula is C15H12F3NO2. The molecule has 0 heterocycles. The third kappa shape index (κ3) is 4.52. The average molecular weight is 295 g/mol. The van der Waals surface area contributed by atoms with Crippen LogP contribution in [0.1, 0.15) is 10.4 Å². The molecule has 0 atom stereocenters. The van der Waals surface area contributed by atoms with Crippen molar-refractivity contribution in [2.75, 3.05) is 13.2 Å². The van der Waals surface area contributed by atoms with E-state index in [1.807, 2.05) is 0 Å². The fraction of sp³-hybridized carbons (Fsp3) is 0.133. The van der Waals surface area contributed by atoms with E-state index >= 15 is 0 Å². The van der Waals surface area contributed by atoms with Crippen LogP contribution in [0, 0.1) is 17.5 Å². The van der Waals surface area contributed by atoms with E-state index in [9.17, 15) is 18.0 Å². The molecule has 2 aromatic rings. The van der Waals surface area contributed by atoms with Crippen LogP contribution in [0.2, 0.25) is 0 Å². The molecule has 0 spiro atoms. The number of benzene rings is 2. The number of nitrogens with one attached hydrogen (secondary N) is 1. The number of hydrogen-bond acceptors (Lipinski definition) is 2. The maximum atomic E-state index is 13.0. The lowest BCUT2D eigenvalue weighted by molar-refractivity contribution is 0.0946. The summed E-state index contributed by atoms with van der Waals surface area (Å²) >= 11 is 0. The summed E-state index contributed by atoms with van der Waals surface area (Å²) in [4.78, 5) is 11.7. The summed E-state index contributed by atoms with van der Waals surface area (Å²) in [5, 5.41) is 2.46. The second-order valence-corrected chi connectivity index (χ2v) is 4.22. The minimum absolute atomic E-state index is 0.103. The Bertz CT molecular complexity index is 609. The minimum atomic E-state index is -0.817. The summed E-state index contributed by atoms with van der Waals surface area (Å²) < 4.78 is 43.8. The summed E-state index contributed by atoms with van der Waals surface area (Å²) in [6.45, 7) is 0.295. The van der Waals surface area contributed by atoms with Gasteiger partial charge in [-0.1, -0.05) is 0 Å². The zero-order valence-electron chi connectivity index (χ0n) is 10.9. The fourth-order valence-corrected chi connectivity index (χ4v) is 1.65. The van der Waals surface area contributed by atoms with E-state index in [1.165, 1.54) is 24.3 Å². The number of hydrogen-bond donors (Lipinski definition) is 1. The lowest BCUT2D eigenvalue weighted by Gasteiger charge is -2.08. The lowest BCUT2D eigenvalue weighted by Crippen LogP contribution is -2.28. The van der Waals surface area contributed by atoms with Gasteiger partial charge in [0.15, 0.2) is 0 Å².